The number of hydrogen-bond acceptors (Lipinski definition) is 5. The largest absolute Gasteiger partial charge is 0.375 e. The zero-order valence-electron chi connectivity index (χ0n) is 14.7. The number of aliphatic imine (C=N–C) groups is 1. The average Bonchev–Trinajstić information content (AvgIpc) is 3.26. The molecule has 0 saturated carbocycles. The van der Waals surface area contributed by atoms with Gasteiger partial charge in [-0.15, -0.1) is 11.3 Å². The second kappa shape index (κ2) is 8.78. The Bertz CT molecular complexity index is 542. The van der Waals surface area contributed by atoms with Gasteiger partial charge in [-0.05, 0) is 26.7 Å². The van der Waals surface area contributed by atoms with Gasteiger partial charge < -0.3 is 19.7 Å². The Morgan fingerprint density at radius 1 is 1.42 bits per heavy atom. The number of nitrogens with zero attached hydrogens (tertiary/aromatic N) is 3. The molecule has 0 bridgehead atoms. The fraction of sp³-hybridized carbons (Fsp3) is 0.765. The van der Waals surface area contributed by atoms with Crippen LogP contribution in [0.15, 0.2) is 11.2 Å². The smallest absolute Gasteiger partial charge is 0.194 e. The number of thiazole rings is 1. The number of aromatic nitrogens is 1. The summed E-state index contributed by atoms with van der Waals surface area (Å²) >= 11 is 1.75. The minimum Gasteiger partial charge on any atom is -0.375 e. The number of morpholine rings is 1. The normalized spacial score (nSPS) is 25.2. The van der Waals surface area contributed by atoms with Crippen molar-refractivity contribution in [3.05, 3.63) is 16.1 Å². The molecule has 3 rings (SSSR count). The molecule has 6 nitrogen and oxygen atoms in total. The molecule has 7 heteroatoms. The summed E-state index contributed by atoms with van der Waals surface area (Å²) < 4.78 is 11.7. The van der Waals surface area contributed by atoms with Crippen LogP contribution in [0, 0.1) is 6.92 Å². The predicted octanol–water partition coefficient (Wildman–Crippen LogP) is 1.84. The number of aryl methyl sites for hydroxylation is 1. The van der Waals surface area contributed by atoms with Gasteiger partial charge in [0.2, 0.25) is 0 Å². The van der Waals surface area contributed by atoms with E-state index in [9.17, 15) is 0 Å². The molecule has 1 aromatic rings. The summed E-state index contributed by atoms with van der Waals surface area (Å²) in [6.07, 6.45) is 5.48. The topological polar surface area (TPSA) is 59.0 Å². The van der Waals surface area contributed by atoms with Crippen LogP contribution in [-0.4, -0.2) is 67.4 Å². The highest BCUT2D eigenvalue weighted by Gasteiger charge is 2.32. The fourth-order valence-corrected chi connectivity index (χ4v) is 3.96. The lowest BCUT2D eigenvalue weighted by Gasteiger charge is -2.37. The van der Waals surface area contributed by atoms with Crippen LogP contribution in [0.25, 0.3) is 0 Å². The highest BCUT2D eigenvalue weighted by atomic mass is 32.1. The summed E-state index contributed by atoms with van der Waals surface area (Å²) in [6.45, 7) is 9.17. The van der Waals surface area contributed by atoms with Crippen molar-refractivity contribution >= 4 is 17.3 Å². The molecule has 2 aliphatic heterocycles. The quantitative estimate of drug-likeness (QED) is 0.647. The van der Waals surface area contributed by atoms with Crippen LogP contribution in [0.4, 0.5) is 0 Å². The van der Waals surface area contributed by atoms with E-state index in [0.717, 1.165) is 69.6 Å². The van der Waals surface area contributed by atoms with Crippen LogP contribution >= 0.6 is 11.3 Å². The third-order valence-electron chi connectivity index (χ3n) is 4.36. The molecular weight excluding hydrogens is 324 g/mol. The van der Waals surface area contributed by atoms with Crippen molar-refractivity contribution in [2.45, 2.75) is 45.3 Å². The molecule has 0 aromatic carbocycles. The van der Waals surface area contributed by atoms with E-state index < -0.39 is 0 Å². The van der Waals surface area contributed by atoms with Crippen molar-refractivity contribution in [1.29, 1.82) is 0 Å². The van der Waals surface area contributed by atoms with Crippen LogP contribution in [0.5, 0.6) is 0 Å². The van der Waals surface area contributed by atoms with E-state index in [1.807, 2.05) is 6.20 Å². The average molecular weight is 353 g/mol. The minimum atomic E-state index is 0.159. The maximum absolute atomic E-state index is 5.94. The SMILES string of the molecule is CCNC(=NCCc1ncc(C)s1)N1CCOC(C2CCCO2)C1. The molecule has 2 fully saturated rings. The lowest BCUT2D eigenvalue weighted by atomic mass is 10.1. The van der Waals surface area contributed by atoms with Crippen molar-refractivity contribution < 1.29 is 9.47 Å². The Kier molecular flexibility index (Phi) is 6.45. The van der Waals surface area contributed by atoms with Gasteiger partial charge in [-0.1, -0.05) is 0 Å². The van der Waals surface area contributed by atoms with Crippen LogP contribution < -0.4 is 5.32 Å². The molecule has 0 spiro atoms. The van der Waals surface area contributed by atoms with Gasteiger partial charge in [-0.3, -0.25) is 4.99 Å². The van der Waals surface area contributed by atoms with E-state index in [1.165, 1.54) is 4.88 Å². The van der Waals surface area contributed by atoms with Gasteiger partial charge in [0.05, 0.1) is 17.7 Å². The standard InChI is InChI=1S/C17H28N4O2S/c1-3-18-17(19-7-6-16-20-11-13(2)24-16)21-8-10-23-15(12-21)14-5-4-9-22-14/h11,14-15H,3-10,12H2,1-2H3,(H,18,19). The van der Waals surface area contributed by atoms with Crippen LogP contribution in [-0.2, 0) is 15.9 Å². The van der Waals surface area contributed by atoms with E-state index in [4.69, 9.17) is 14.5 Å². The Morgan fingerprint density at radius 3 is 3.00 bits per heavy atom. The summed E-state index contributed by atoms with van der Waals surface area (Å²) in [7, 11) is 0. The van der Waals surface area contributed by atoms with E-state index in [1.54, 1.807) is 11.3 Å². The highest BCUT2D eigenvalue weighted by Crippen LogP contribution is 2.21. The first-order valence-electron chi connectivity index (χ1n) is 8.94. The number of hydrogen-bond donors (Lipinski definition) is 1. The predicted molar refractivity (Wildman–Crippen MR) is 96.8 cm³/mol. The number of rotatable bonds is 5. The van der Waals surface area contributed by atoms with Gasteiger partial charge in [0, 0.05) is 50.3 Å². The number of guanidine groups is 1. The second-order valence-electron chi connectivity index (χ2n) is 6.26. The summed E-state index contributed by atoms with van der Waals surface area (Å²) in [5.74, 6) is 0.983. The van der Waals surface area contributed by atoms with E-state index in [0.29, 0.717) is 0 Å². The molecule has 0 aliphatic carbocycles. The zero-order valence-corrected chi connectivity index (χ0v) is 15.5. The summed E-state index contributed by atoms with van der Waals surface area (Å²) in [5.41, 5.74) is 0. The van der Waals surface area contributed by atoms with Gasteiger partial charge >= 0.3 is 0 Å². The minimum absolute atomic E-state index is 0.159. The summed E-state index contributed by atoms with van der Waals surface area (Å²) in [5, 5.41) is 4.58. The molecular formula is C17H28N4O2S. The third kappa shape index (κ3) is 4.68. The summed E-state index contributed by atoms with van der Waals surface area (Å²) in [6, 6.07) is 0. The Morgan fingerprint density at radius 2 is 2.29 bits per heavy atom. The zero-order chi connectivity index (χ0) is 16.8. The van der Waals surface area contributed by atoms with Crippen LogP contribution in [0.1, 0.15) is 29.7 Å². The van der Waals surface area contributed by atoms with Gasteiger partial charge in [0.1, 0.15) is 6.10 Å². The van der Waals surface area contributed by atoms with Crippen molar-refractivity contribution in [2.24, 2.45) is 4.99 Å². The summed E-state index contributed by atoms with van der Waals surface area (Å²) in [4.78, 5) is 12.8. The third-order valence-corrected chi connectivity index (χ3v) is 5.34. The first-order valence-corrected chi connectivity index (χ1v) is 9.75. The van der Waals surface area contributed by atoms with Crippen molar-refractivity contribution in [3.8, 4) is 0 Å². The fourth-order valence-electron chi connectivity index (χ4n) is 3.19. The van der Waals surface area contributed by atoms with Gasteiger partial charge in [-0.25, -0.2) is 4.98 Å². The molecule has 2 atom stereocenters. The van der Waals surface area contributed by atoms with Crippen molar-refractivity contribution in [2.75, 3.05) is 39.4 Å². The molecule has 0 amide bonds. The van der Waals surface area contributed by atoms with Crippen molar-refractivity contribution in [1.82, 2.24) is 15.2 Å². The Balaban J connectivity index is 1.57. The maximum atomic E-state index is 5.94. The molecule has 24 heavy (non-hydrogen) atoms. The van der Waals surface area contributed by atoms with Crippen LogP contribution in [0.2, 0.25) is 0 Å². The Labute approximate surface area is 148 Å². The van der Waals surface area contributed by atoms with Gasteiger partial charge in [-0.2, -0.15) is 0 Å². The molecule has 3 heterocycles. The van der Waals surface area contributed by atoms with Gasteiger partial charge in [0.25, 0.3) is 0 Å². The molecule has 2 aliphatic rings. The lowest BCUT2D eigenvalue weighted by molar-refractivity contribution is -0.0817. The molecule has 2 unspecified atom stereocenters. The second-order valence-corrected chi connectivity index (χ2v) is 7.58. The highest BCUT2D eigenvalue weighted by molar-refractivity contribution is 7.11. The molecule has 134 valence electrons. The molecule has 0 radical (unpaired) electrons. The lowest BCUT2D eigenvalue weighted by Crippen LogP contribution is -2.53. The van der Waals surface area contributed by atoms with E-state index in [-0.39, 0.29) is 12.2 Å². The Hall–Kier alpha value is -1.18. The molecule has 1 aromatic heterocycles. The number of ether oxygens (including phenoxy) is 2. The van der Waals surface area contributed by atoms with Crippen LogP contribution in [0.3, 0.4) is 0 Å². The van der Waals surface area contributed by atoms with E-state index >= 15 is 0 Å². The first-order chi connectivity index (χ1) is 11.8. The molecule has 2 saturated heterocycles. The monoisotopic (exact) mass is 352 g/mol. The van der Waals surface area contributed by atoms with Gasteiger partial charge in [0.15, 0.2) is 5.96 Å². The first kappa shape index (κ1) is 17.6. The van der Waals surface area contributed by atoms with E-state index in [2.05, 4.69) is 29.0 Å². The van der Waals surface area contributed by atoms with Crippen molar-refractivity contribution in [3.63, 3.8) is 0 Å². The number of nitrogens with one attached hydrogen (secondary N) is 1. The maximum Gasteiger partial charge on any atom is 0.194 e. The molecule has 1 N–H and O–H groups in total.